The lowest BCUT2D eigenvalue weighted by molar-refractivity contribution is -0.112. The smallest absolute Gasteiger partial charge is 0.258 e. The molecule has 0 radical (unpaired) electrons. The van der Waals surface area contributed by atoms with Crippen molar-refractivity contribution in [1.82, 2.24) is 4.90 Å². The molecule has 5 nitrogen and oxygen atoms in total. The molecule has 1 unspecified atom stereocenters. The molecule has 21 heavy (non-hydrogen) atoms. The van der Waals surface area contributed by atoms with Crippen molar-refractivity contribution in [1.29, 1.82) is 0 Å². The minimum Gasteiger partial charge on any atom is -0.326 e. The monoisotopic (exact) mass is 312 g/mol. The molecule has 0 spiro atoms. The van der Waals surface area contributed by atoms with Crippen LogP contribution >= 0.6 is 11.6 Å². The highest BCUT2D eigenvalue weighted by Gasteiger charge is 2.37. The first-order chi connectivity index (χ1) is 10.0. The maximum Gasteiger partial charge on any atom is 0.258 e. The summed E-state index contributed by atoms with van der Waals surface area (Å²) in [7, 11) is 0. The predicted molar refractivity (Wildman–Crippen MR) is 74.3 cm³/mol. The van der Waals surface area contributed by atoms with Crippen LogP contribution in [0.15, 0.2) is 6.07 Å². The maximum absolute atomic E-state index is 14.3. The molecule has 0 saturated carbocycles. The first-order valence-corrected chi connectivity index (χ1v) is 6.82. The van der Waals surface area contributed by atoms with Gasteiger partial charge in [-0.1, -0.05) is 11.6 Å². The highest BCUT2D eigenvalue weighted by molar-refractivity contribution is 6.32. The van der Waals surface area contributed by atoms with E-state index in [4.69, 9.17) is 17.3 Å². The van der Waals surface area contributed by atoms with E-state index in [9.17, 15) is 18.8 Å². The number of amides is 1. The molecule has 1 amide bonds. The number of aldehydes is 2. The van der Waals surface area contributed by atoms with Gasteiger partial charge in [-0.3, -0.25) is 4.79 Å². The molecular weight excluding hydrogens is 299 g/mol. The molecule has 112 valence electrons. The van der Waals surface area contributed by atoms with Crippen LogP contribution in [0.4, 0.5) is 4.39 Å². The molecular formula is C14H14ClFN2O3. The van der Waals surface area contributed by atoms with Crippen LogP contribution in [-0.4, -0.2) is 29.4 Å². The number of hydrogen-bond acceptors (Lipinski definition) is 4. The van der Waals surface area contributed by atoms with Gasteiger partial charge in [0.15, 0.2) is 0 Å². The van der Waals surface area contributed by atoms with Gasteiger partial charge in [-0.05, 0) is 12.5 Å². The van der Waals surface area contributed by atoms with Crippen LogP contribution in [0, 0.1) is 5.82 Å². The molecule has 0 fully saturated rings. The Bertz CT molecular complexity index is 606. The zero-order valence-electron chi connectivity index (χ0n) is 11.1. The van der Waals surface area contributed by atoms with Crippen molar-refractivity contribution in [2.24, 2.45) is 5.73 Å². The van der Waals surface area contributed by atoms with Crippen molar-refractivity contribution in [3.8, 4) is 0 Å². The van der Waals surface area contributed by atoms with Gasteiger partial charge in [0.2, 0.25) is 0 Å². The molecule has 1 aliphatic rings. The second kappa shape index (κ2) is 6.32. The fourth-order valence-electron chi connectivity index (χ4n) is 2.43. The molecule has 2 N–H and O–H groups in total. The molecule has 0 aliphatic carbocycles. The number of fused-ring (bicyclic) bond motifs is 1. The summed E-state index contributed by atoms with van der Waals surface area (Å²) < 4.78 is 14.3. The van der Waals surface area contributed by atoms with E-state index in [1.807, 2.05) is 0 Å². The Labute approximate surface area is 125 Å². The number of rotatable bonds is 6. The van der Waals surface area contributed by atoms with Crippen molar-refractivity contribution in [3.05, 3.63) is 33.6 Å². The molecule has 7 heteroatoms. The van der Waals surface area contributed by atoms with Gasteiger partial charge in [0.05, 0.1) is 11.6 Å². The zero-order chi connectivity index (χ0) is 15.6. The van der Waals surface area contributed by atoms with Crippen LogP contribution in [0.2, 0.25) is 5.02 Å². The summed E-state index contributed by atoms with van der Waals surface area (Å²) in [6.45, 7) is -0.0224. The van der Waals surface area contributed by atoms with Crippen molar-refractivity contribution in [2.45, 2.75) is 32.0 Å². The molecule has 1 aromatic carbocycles. The van der Waals surface area contributed by atoms with Gasteiger partial charge in [-0.25, -0.2) is 4.39 Å². The third-order valence-electron chi connectivity index (χ3n) is 3.55. The molecule has 0 bridgehead atoms. The van der Waals surface area contributed by atoms with Gasteiger partial charge < -0.3 is 20.2 Å². The Morgan fingerprint density at radius 1 is 1.48 bits per heavy atom. The van der Waals surface area contributed by atoms with Gasteiger partial charge >= 0.3 is 0 Å². The molecule has 1 atom stereocenters. The minimum absolute atomic E-state index is 0.0526. The summed E-state index contributed by atoms with van der Waals surface area (Å²) in [6, 6.07) is 0.625. The van der Waals surface area contributed by atoms with Crippen LogP contribution < -0.4 is 5.73 Å². The fraction of sp³-hybridized carbons (Fsp3) is 0.357. The lowest BCUT2D eigenvalue weighted by Gasteiger charge is -2.22. The molecule has 0 saturated heterocycles. The first kappa shape index (κ1) is 15.6. The summed E-state index contributed by atoms with van der Waals surface area (Å²) in [5, 5.41) is 0.253. The SMILES string of the molecule is NCc1cc(Cl)c2c(c1F)C(=O)N(C(C=O)CCC=O)C2. The third-order valence-corrected chi connectivity index (χ3v) is 3.89. The number of carbonyl (C=O) groups excluding carboxylic acids is 3. The Hall–Kier alpha value is -1.79. The first-order valence-electron chi connectivity index (χ1n) is 6.44. The number of nitrogens with two attached hydrogens (primary N) is 1. The number of carbonyl (C=O) groups is 3. The Balaban J connectivity index is 2.40. The molecule has 1 heterocycles. The fourth-order valence-corrected chi connectivity index (χ4v) is 2.72. The Kier molecular flexibility index (Phi) is 4.69. The second-order valence-electron chi connectivity index (χ2n) is 4.77. The largest absolute Gasteiger partial charge is 0.326 e. The normalized spacial score (nSPS) is 15.0. The van der Waals surface area contributed by atoms with E-state index in [1.165, 1.54) is 11.0 Å². The van der Waals surface area contributed by atoms with E-state index in [0.717, 1.165) is 0 Å². The van der Waals surface area contributed by atoms with Gasteiger partial charge in [0.1, 0.15) is 18.4 Å². The third kappa shape index (κ3) is 2.69. The van der Waals surface area contributed by atoms with E-state index in [0.29, 0.717) is 18.1 Å². The quantitative estimate of drug-likeness (QED) is 0.806. The van der Waals surface area contributed by atoms with Crippen LogP contribution in [0.5, 0.6) is 0 Å². The number of benzene rings is 1. The predicted octanol–water partition coefficient (Wildman–Crippen LogP) is 1.44. The highest BCUT2D eigenvalue weighted by atomic mass is 35.5. The lowest BCUT2D eigenvalue weighted by atomic mass is 10.0. The highest BCUT2D eigenvalue weighted by Crippen LogP contribution is 2.34. The Morgan fingerprint density at radius 3 is 2.76 bits per heavy atom. The van der Waals surface area contributed by atoms with Crippen LogP contribution in [0.3, 0.4) is 0 Å². The summed E-state index contributed by atoms with van der Waals surface area (Å²) >= 11 is 6.06. The molecule has 1 aromatic rings. The van der Waals surface area contributed by atoms with Crippen LogP contribution in [0.1, 0.15) is 34.3 Å². The van der Waals surface area contributed by atoms with Crippen LogP contribution in [0.25, 0.3) is 0 Å². The van der Waals surface area contributed by atoms with E-state index in [-0.39, 0.29) is 42.1 Å². The van der Waals surface area contributed by atoms with Crippen LogP contribution in [-0.2, 0) is 22.7 Å². The van der Waals surface area contributed by atoms with Crippen molar-refractivity contribution >= 4 is 30.1 Å². The number of halogens is 2. The molecule has 1 aliphatic heterocycles. The standard InChI is InChI=1S/C14H14ClFN2O3/c15-11-4-8(5-17)13(16)12-10(11)6-18(14(12)21)9(7-20)2-1-3-19/h3-4,7,9H,1-2,5-6,17H2. The summed E-state index contributed by atoms with van der Waals surface area (Å²) in [4.78, 5) is 35.1. The van der Waals surface area contributed by atoms with Crippen molar-refractivity contribution in [3.63, 3.8) is 0 Å². The van der Waals surface area contributed by atoms with Gasteiger partial charge in [-0.2, -0.15) is 0 Å². The van der Waals surface area contributed by atoms with E-state index in [2.05, 4.69) is 0 Å². The van der Waals surface area contributed by atoms with E-state index in [1.54, 1.807) is 0 Å². The average Bonchev–Trinajstić information content (AvgIpc) is 2.82. The molecule has 0 aromatic heterocycles. The van der Waals surface area contributed by atoms with Gasteiger partial charge in [0.25, 0.3) is 5.91 Å². The zero-order valence-corrected chi connectivity index (χ0v) is 11.9. The van der Waals surface area contributed by atoms with E-state index < -0.39 is 17.8 Å². The number of nitrogens with zero attached hydrogens (tertiary/aromatic N) is 1. The number of hydrogen-bond donors (Lipinski definition) is 1. The molecule has 2 rings (SSSR count). The van der Waals surface area contributed by atoms with Crippen molar-refractivity contribution < 1.29 is 18.8 Å². The Morgan fingerprint density at radius 2 is 2.19 bits per heavy atom. The minimum atomic E-state index is -0.771. The van der Waals surface area contributed by atoms with Gasteiger partial charge in [-0.15, -0.1) is 0 Å². The summed E-state index contributed by atoms with van der Waals surface area (Å²) in [5.74, 6) is -1.29. The average molecular weight is 313 g/mol. The lowest BCUT2D eigenvalue weighted by Crippen LogP contribution is -2.37. The topological polar surface area (TPSA) is 80.5 Å². The van der Waals surface area contributed by atoms with Crippen molar-refractivity contribution in [2.75, 3.05) is 0 Å². The second-order valence-corrected chi connectivity index (χ2v) is 5.18. The summed E-state index contributed by atoms with van der Waals surface area (Å²) in [5.41, 5.74) is 5.82. The van der Waals surface area contributed by atoms with Gasteiger partial charge in [0, 0.05) is 35.7 Å². The summed E-state index contributed by atoms with van der Waals surface area (Å²) in [6.07, 6.45) is 1.61. The van der Waals surface area contributed by atoms with E-state index >= 15 is 0 Å². The maximum atomic E-state index is 14.3.